The number of nitrogens with one attached hydrogen (secondary N) is 2. The van der Waals surface area contributed by atoms with Gasteiger partial charge in [-0.2, -0.15) is 0 Å². The number of hydrogen-bond donors (Lipinski definition) is 3. The normalized spacial score (nSPS) is 10.1. The molecule has 0 radical (unpaired) electrons. The highest BCUT2D eigenvalue weighted by Gasteiger charge is 2.07. The molecule has 0 heterocycles. The van der Waals surface area contributed by atoms with Crippen molar-refractivity contribution in [2.24, 2.45) is 0 Å². The lowest BCUT2D eigenvalue weighted by molar-refractivity contribution is -0.137. The maximum Gasteiger partial charge on any atom is 0.321 e. The van der Waals surface area contributed by atoms with Gasteiger partial charge in [-0.15, -0.1) is 0 Å². The molecule has 0 saturated carbocycles. The third-order valence-corrected chi connectivity index (χ3v) is 2.23. The Balaban J connectivity index is 3.43. The van der Waals surface area contributed by atoms with Gasteiger partial charge in [-0.25, -0.2) is 4.79 Å². The summed E-state index contributed by atoms with van der Waals surface area (Å²) in [5.74, 6) is -1.45. The summed E-state index contributed by atoms with van der Waals surface area (Å²) in [6.45, 7) is 1.92. The maximum absolute atomic E-state index is 11.3. The molecular weight excluding hydrogens is 268 g/mol. The standard InChI is InChI=1S/C12H22N2O6/c1-19-8-9-20-7-3-6-13-12(18)14-10(15)4-2-5-11(16)17/h2-9H2,1H3,(H,16,17)(H2,13,14,15,18). The number of rotatable bonds is 11. The molecule has 20 heavy (non-hydrogen) atoms. The lowest BCUT2D eigenvalue weighted by atomic mass is 10.2. The number of carbonyl (C=O) groups is 3. The van der Waals surface area contributed by atoms with E-state index in [4.69, 9.17) is 14.6 Å². The number of carboxylic acid groups (broad SMARTS) is 1. The van der Waals surface area contributed by atoms with Crippen LogP contribution in [0.25, 0.3) is 0 Å². The van der Waals surface area contributed by atoms with Crippen LogP contribution in [0.1, 0.15) is 25.7 Å². The van der Waals surface area contributed by atoms with Crippen molar-refractivity contribution in [3.05, 3.63) is 0 Å². The number of urea groups is 1. The van der Waals surface area contributed by atoms with Crippen LogP contribution in [0.5, 0.6) is 0 Å². The van der Waals surface area contributed by atoms with Crippen LogP contribution in [0.2, 0.25) is 0 Å². The van der Waals surface area contributed by atoms with Gasteiger partial charge >= 0.3 is 12.0 Å². The summed E-state index contributed by atoms with van der Waals surface area (Å²) in [7, 11) is 1.59. The van der Waals surface area contributed by atoms with E-state index in [1.54, 1.807) is 7.11 Å². The number of amides is 3. The summed E-state index contributed by atoms with van der Waals surface area (Å²) in [6.07, 6.45) is 0.764. The second kappa shape index (κ2) is 12.4. The van der Waals surface area contributed by atoms with Gasteiger partial charge in [0.2, 0.25) is 5.91 Å². The first-order valence-corrected chi connectivity index (χ1v) is 6.42. The summed E-state index contributed by atoms with van der Waals surface area (Å²) in [5.41, 5.74) is 0. The van der Waals surface area contributed by atoms with E-state index < -0.39 is 17.9 Å². The van der Waals surface area contributed by atoms with Crippen LogP contribution in [0.15, 0.2) is 0 Å². The van der Waals surface area contributed by atoms with Gasteiger partial charge in [-0.05, 0) is 12.8 Å². The van der Waals surface area contributed by atoms with Gasteiger partial charge in [0, 0.05) is 33.1 Å². The summed E-state index contributed by atoms with van der Waals surface area (Å²) >= 11 is 0. The molecule has 0 unspecified atom stereocenters. The van der Waals surface area contributed by atoms with E-state index in [2.05, 4.69) is 10.6 Å². The second-order valence-electron chi connectivity index (χ2n) is 4.01. The van der Waals surface area contributed by atoms with E-state index >= 15 is 0 Å². The van der Waals surface area contributed by atoms with Gasteiger partial charge in [0.1, 0.15) is 0 Å². The Hall–Kier alpha value is -1.67. The van der Waals surface area contributed by atoms with Crippen LogP contribution >= 0.6 is 0 Å². The van der Waals surface area contributed by atoms with Crippen molar-refractivity contribution in [1.29, 1.82) is 0 Å². The highest BCUT2D eigenvalue weighted by atomic mass is 16.5. The molecule has 116 valence electrons. The molecule has 3 amide bonds. The molecule has 0 bridgehead atoms. The molecule has 0 aromatic rings. The van der Waals surface area contributed by atoms with Crippen molar-refractivity contribution in [1.82, 2.24) is 10.6 Å². The van der Waals surface area contributed by atoms with Crippen LogP contribution in [0.3, 0.4) is 0 Å². The Morgan fingerprint density at radius 3 is 2.45 bits per heavy atom. The Morgan fingerprint density at radius 2 is 1.80 bits per heavy atom. The van der Waals surface area contributed by atoms with Crippen LogP contribution in [-0.2, 0) is 19.1 Å². The topological polar surface area (TPSA) is 114 Å². The monoisotopic (exact) mass is 290 g/mol. The van der Waals surface area contributed by atoms with Crippen LogP contribution in [-0.4, -0.2) is 56.5 Å². The molecule has 0 aliphatic rings. The van der Waals surface area contributed by atoms with Crippen LogP contribution in [0.4, 0.5) is 4.79 Å². The quantitative estimate of drug-likeness (QED) is 0.466. The van der Waals surface area contributed by atoms with Gasteiger partial charge in [0.15, 0.2) is 0 Å². The third kappa shape index (κ3) is 12.8. The zero-order valence-electron chi connectivity index (χ0n) is 11.6. The number of imide groups is 1. The molecule has 0 aromatic heterocycles. The van der Waals surface area contributed by atoms with Gasteiger partial charge < -0.3 is 19.9 Å². The number of ether oxygens (including phenoxy) is 2. The first kappa shape index (κ1) is 18.3. The van der Waals surface area contributed by atoms with E-state index in [0.717, 1.165) is 0 Å². The van der Waals surface area contributed by atoms with E-state index in [1.807, 2.05) is 0 Å². The zero-order valence-corrected chi connectivity index (χ0v) is 11.6. The molecule has 0 atom stereocenters. The predicted molar refractivity (Wildman–Crippen MR) is 70.3 cm³/mol. The predicted octanol–water partition coefficient (Wildman–Crippen LogP) is 0.120. The lowest BCUT2D eigenvalue weighted by Crippen LogP contribution is -2.40. The van der Waals surface area contributed by atoms with E-state index in [1.165, 1.54) is 0 Å². The first-order valence-electron chi connectivity index (χ1n) is 6.42. The van der Waals surface area contributed by atoms with Gasteiger partial charge in [0.25, 0.3) is 0 Å². The maximum atomic E-state index is 11.3. The molecule has 8 heteroatoms. The van der Waals surface area contributed by atoms with E-state index in [-0.39, 0.29) is 19.3 Å². The van der Waals surface area contributed by atoms with E-state index in [9.17, 15) is 14.4 Å². The summed E-state index contributed by atoms with van der Waals surface area (Å²) in [6, 6.07) is -0.581. The number of aliphatic carboxylic acids is 1. The Labute approximate surface area is 117 Å². The number of carboxylic acids is 1. The summed E-state index contributed by atoms with van der Waals surface area (Å²) in [4.78, 5) is 32.7. The average molecular weight is 290 g/mol. The Kier molecular flexibility index (Phi) is 11.3. The molecule has 0 fully saturated rings. The molecular formula is C12H22N2O6. The second-order valence-corrected chi connectivity index (χ2v) is 4.01. The molecule has 0 rings (SSSR count). The van der Waals surface area contributed by atoms with Crippen molar-refractivity contribution < 1.29 is 29.0 Å². The molecule has 0 aliphatic carbocycles. The third-order valence-electron chi connectivity index (χ3n) is 2.23. The van der Waals surface area contributed by atoms with Crippen molar-refractivity contribution >= 4 is 17.9 Å². The molecule has 0 spiro atoms. The summed E-state index contributed by atoms with van der Waals surface area (Å²) < 4.78 is 9.99. The number of methoxy groups -OCH3 is 1. The fourth-order valence-corrected chi connectivity index (χ4v) is 1.25. The summed E-state index contributed by atoms with van der Waals surface area (Å²) in [5, 5.41) is 13.0. The zero-order chi connectivity index (χ0) is 15.2. The Morgan fingerprint density at radius 1 is 1.05 bits per heavy atom. The SMILES string of the molecule is COCCOCCCNC(=O)NC(=O)CCCC(=O)O. The number of hydrogen-bond acceptors (Lipinski definition) is 5. The van der Waals surface area contributed by atoms with Crippen LogP contribution in [0, 0.1) is 0 Å². The minimum absolute atomic E-state index is 0.0137. The minimum Gasteiger partial charge on any atom is -0.481 e. The lowest BCUT2D eigenvalue weighted by Gasteiger charge is -2.07. The highest BCUT2D eigenvalue weighted by Crippen LogP contribution is 1.94. The molecule has 0 aromatic carbocycles. The van der Waals surface area contributed by atoms with Crippen LogP contribution < -0.4 is 10.6 Å². The average Bonchev–Trinajstić information content (AvgIpc) is 2.37. The first-order chi connectivity index (χ1) is 9.56. The molecule has 3 N–H and O–H groups in total. The molecule has 8 nitrogen and oxygen atoms in total. The fourth-order valence-electron chi connectivity index (χ4n) is 1.25. The molecule has 0 saturated heterocycles. The van der Waals surface area contributed by atoms with E-state index in [0.29, 0.717) is 32.8 Å². The Bertz CT molecular complexity index is 308. The minimum atomic E-state index is -0.962. The van der Waals surface area contributed by atoms with Crippen molar-refractivity contribution in [2.45, 2.75) is 25.7 Å². The molecule has 0 aliphatic heterocycles. The smallest absolute Gasteiger partial charge is 0.321 e. The van der Waals surface area contributed by atoms with Gasteiger partial charge in [-0.1, -0.05) is 0 Å². The van der Waals surface area contributed by atoms with Gasteiger partial charge in [-0.3, -0.25) is 14.9 Å². The van der Waals surface area contributed by atoms with Crippen molar-refractivity contribution in [2.75, 3.05) is 33.5 Å². The highest BCUT2D eigenvalue weighted by molar-refractivity contribution is 5.94. The van der Waals surface area contributed by atoms with Gasteiger partial charge in [0.05, 0.1) is 13.2 Å². The van der Waals surface area contributed by atoms with Crippen molar-refractivity contribution in [3.63, 3.8) is 0 Å². The fraction of sp³-hybridized carbons (Fsp3) is 0.750. The van der Waals surface area contributed by atoms with Crippen molar-refractivity contribution in [3.8, 4) is 0 Å². The number of carbonyl (C=O) groups excluding carboxylic acids is 2. The largest absolute Gasteiger partial charge is 0.481 e.